The van der Waals surface area contributed by atoms with E-state index in [0.717, 1.165) is 11.3 Å². The minimum Gasteiger partial charge on any atom is -0.383 e. The Hall–Kier alpha value is -3.00. The highest BCUT2D eigenvalue weighted by molar-refractivity contribution is 5.94. The van der Waals surface area contributed by atoms with Crippen LogP contribution in [0.1, 0.15) is 29.1 Å². The molecular weight excluding hydrogens is 332 g/mol. The standard InChI is InChI=1S/C18H22N6O2/c1-13(17-22-20-12-24(17)8-9-26-3)21-18(25)15-6-4-14(5-7-15)16-10-19-11-23(16)2/h4-7,10-13H,8-9H2,1-3H3,(H,21,25). The molecule has 8 heteroatoms. The van der Waals surface area contributed by atoms with E-state index in [0.29, 0.717) is 24.5 Å². The number of hydrogen-bond donors (Lipinski definition) is 1. The second kappa shape index (κ2) is 7.92. The normalized spacial score (nSPS) is 12.1. The van der Waals surface area contributed by atoms with Crippen molar-refractivity contribution in [3.63, 3.8) is 0 Å². The summed E-state index contributed by atoms with van der Waals surface area (Å²) in [4.78, 5) is 16.6. The van der Waals surface area contributed by atoms with Gasteiger partial charge in [0.05, 0.1) is 30.9 Å². The summed E-state index contributed by atoms with van der Waals surface area (Å²) in [5, 5.41) is 11.0. The maximum absolute atomic E-state index is 12.5. The average Bonchev–Trinajstić information content (AvgIpc) is 3.28. The van der Waals surface area contributed by atoms with Gasteiger partial charge in [-0.25, -0.2) is 4.98 Å². The van der Waals surface area contributed by atoms with Gasteiger partial charge in [0.15, 0.2) is 5.82 Å². The van der Waals surface area contributed by atoms with E-state index in [1.54, 1.807) is 38.1 Å². The molecule has 0 aliphatic heterocycles. The zero-order valence-corrected chi connectivity index (χ0v) is 15.1. The van der Waals surface area contributed by atoms with Crippen LogP contribution in [0.15, 0.2) is 43.1 Å². The van der Waals surface area contributed by atoms with Gasteiger partial charge in [-0.15, -0.1) is 10.2 Å². The Balaban J connectivity index is 1.68. The van der Waals surface area contributed by atoms with Gasteiger partial charge in [0.2, 0.25) is 0 Å². The molecule has 0 fully saturated rings. The van der Waals surface area contributed by atoms with E-state index in [-0.39, 0.29) is 11.9 Å². The molecule has 0 saturated carbocycles. The summed E-state index contributed by atoms with van der Waals surface area (Å²) in [6.45, 7) is 3.08. The number of aryl methyl sites for hydroxylation is 1. The third-order valence-electron chi connectivity index (χ3n) is 4.18. The van der Waals surface area contributed by atoms with Crippen molar-refractivity contribution in [2.75, 3.05) is 13.7 Å². The van der Waals surface area contributed by atoms with Crippen molar-refractivity contribution in [1.29, 1.82) is 0 Å². The van der Waals surface area contributed by atoms with Crippen molar-refractivity contribution >= 4 is 5.91 Å². The molecule has 1 aromatic carbocycles. The maximum atomic E-state index is 12.5. The van der Waals surface area contributed by atoms with Crippen LogP contribution in [0.3, 0.4) is 0 Å². The Labute approximate surface area is 151 Å². The number of carbonyl (C=O) groups is 1. The van der Waals surface area contributed by atoms with Gasteiger partial charge < -0.3 is 19.2 Å². The Morgan fingerprint density at radius 1 is 1.27 bits per heavy atom. The quantitative estimate of drug-likeness (QED) is 0.699. The van der Waals surface area contributed by atoms with Gasteiger partial charge in [0.1, 0.15) is 6.33 Å². The van der Waals surface area contributed by atoms with Gasteiger partial charge in [0, 0.05) is 26.3 Å². The van der Waals surface area contributed by atoms with E-state index < -0.39 is 0 Å². The van der Waals surface area contributed by atoms with Crippen molar-refractivity contribution in [1.82, 2.24) is 29.6 Å². The number of rotatable bonds is 7. The lowest BCUT2D eigenvalue weighted by Crippen LogP contribution is -2.29. The fourth-order valence-electron chi connectivity index (χ4n) is 2.73. The molecule has 3 rings (SSSR count). The zero-order valence-electron chi connectivity index (χ0n) is 15.1. The fraction of sp³-hybridized carbons (Fsp3) is 0.333. The van der Waals surface area contributed by atoms with Crippen molar-refractivity contribution in [3.8, 4) is 11.3 Å². The number of imidazole rings is 1. The van der Waals surface area contributed by atoms with Crippen LogP contribution in [-0.4, -0.2) is 43.9 Å². The molecule has 0 radical (unpaired) electrons. The molecule has 0 spiro atoms. The molecule has 1 N–H and O–H groups in total. The lowest BCUT2D eigenvalue weighted by atomic mass is 10.1. The fourth-order valence-corrected chi connectivity index (χ4v) is 2.73. The lowest BCUT2D eigenvalue weighted by Gasteiger charge is -2.15. The minimum absolute atomic E-state index is 0.157. The number of methoxy groups -OCH3 is 1. The smallest absolute Gasteiger partial charge is 0.251 e. The van der Waals surface area contributed by atoms with Gasteiger partial charge in [-0.3, -0.25) is 4.79 Å². The van der Waals surface area contributed by atoms with Gasteiger partial charge in [0.25, 0.3) is 5.91 Å². The summed E-state index contributed by atoms with van der Waals surface area (Å²) in [6.07, 6.45) is 5.18. The molecule has 0 bridgehead atoms. The van der Waals surface area contributed by atoms with Crippen LogP contribution >= 0.6 is 0 Å². The van der Waals surface area contributed by atoms with Crippen molar-refractivity contribution in [2.24, 2.45) is 7.05 Å². The summed E-state index contributed by atoms with van der Waals surface area (Å²) in [5.74, 6) is 0.539. The van der Waals surface area contributed by atoms with Gasteiger partial charge in [-0.05, 0) is 24.6 Å². The van der Waals surface area contributed by atoms with Gasteiger partial charge in [-0.2, -0.15) is 0 Å². The molecule has 0 saturated heterocycles. The highest BCUT2D eigenvalue weighted by Gasteiger charge is 2.17. The average molecular weight is 354 g/mol. The van der Waals surface area contributed by atoms with Crippen LogP contribution < -0.4 is 5.32 Å². The highest BCUT2D eigenvalue weighted by atomic mass is 16.5. The number of nitrogens with zero attached hydrogens (tertiary/aromatic N) is 5. The topological polar surface area (TPSA) is 86.9 Å². The summed E-state index contributed by atoms with van der Waals surface area (Å²) in [7, 11) is 3.58. The summed E-state index contributed by atoms with van der Waals surface area (Å²) < 4.78 is 8.89. The van der Waals surface area contributed by atoms with Gasteiger partial charge >= 0.3 is 0 Å². The second-order valence-corrected chi connectivity index (χ2v) is 6.04. The largest absolute Gasteiger partial charge is 0.383 e. The summed E-state index contributed by atoms with van der Waals surface area (Å²) in [5.41, 5.74) is 2.59. The molecule has 8 nitrogen and oxygen atoms in total. The zero-order chi connectivity index (χ0) is 18.5. The molecule has 3 aromatic rings. The van der Waals surface area contributed by atoms with Crippen LogP contribution in [-0.2, 0) is 18.3 Å². The molecule has 2 aromatic heterocycles. The van der Waals surface area contributed by atoms with Crippen LogP contribution in [0.5, 0.6) is 0 Å². The predicted molar refractivity (Wildman–Crippen MR) is 96.4 cm³/mol. The summed E-state index contributed by atoms with van der Waals surface area (Å²) in [6, 6.07) is 7.17. The van der Waals surface area contributed by atoms with E-state index in [1.165, 1.54) is 0 Å². The van der Waals surface area contributed by atoms with Gasteiger partial charge in [-0.1, -0.05) is 12.1 Å². The monoisotopic (exact) mass is 354 g/mol. The Morgan fingerprint density at radius 3 is 2.69 bits per heavy atom. The SMILES string of the molecule is COCCn1cnnc1C(C)NC(=O)c1ccc(-c2cncn2C)cc1. The number of benzene rings is 1. The molecule has 1 unspecified atom stereocenters. The first-order valence-electron chi connectivity index (χ1n) is 8.34. The number of aromatic nitrogens is 5. The molecule has 2 heterocycles. The summed E-state index contributed by atoms with van der Waals surface area (Å²) >= 11 is 0. The third-order valence-corrected chi connectivity index (χ3v) is 4.18. The van der Waals surface area contributed by atoms with Crippen molar-refractivity contribution < 1.29 is 9.53 Å². The molecule has 0 aliphatic carbocycles. The molecule has 1 atom stereocenters. The molecule has 1 amide bonds. The van der Waals surface area contributed by atoms with Crippen LogP contribution in [0.2, 0.25) is 0 Å². The second-order valence-electron chi connectivity index (χ2n) is 6.04. The first kappa shape index (κ1) is 17.8. The molecular formula is C18H22N6O2. The van der Waals surface area contributed by atoms with E-state index in [9.17, 15) is 4.79 Å². The molecule has 26 heavy (non-hydrogen) atoms. The number of hydrogen-bond acceptors (Lipinski definition) is 5. The predicted octanol–water partition coefficient (Wildman–Crippen LogP) is 1.82. The first-order chi connectivity index (χ1) is 12.6. The maximum Gasteiger partial charge on any atom is 0.251 e. The minimum atomic E-state index is -0.265. The molecule has 136 valence electrons. The first-order valence-corrected chi connectivity index (χ1v) is 8.34. The van der Waals surface area contributed by atoms with Crippen molar-refractivity contribution in [3.05, 3.63) is 54.5 Å². The van der Waals surface area contributed by atoms with E-state index in [1.807, 2.05) is 35.2 Å². The number of carbonyl (C=O) groups excluding carboxylic acids is 1. The lowest BCUT2D eigenvalue weighted by molar-refractivity contribution is 0.0937. The number of ether oxygens (including phenoxy) is 1. The van der Waals surface area contributed by atoms with Crippen molar-refractivity contribution in [2.45, 2.75) is 19.5 Å². The third kappa shape index (κ3) is 3.80. The Bertz CT molecular complexity index is 868. The number of amides is 1. The highest BCUT2D eigenvalue weighted by Crippen LogP contribution is 2.19. The Morgan fingerprint density at radius 2 is 2.04 bits per heavy atom. The van der Waals surface area contributed by atoms with Crippen LogP contribution in [0.4, 0.5) is 0 Å². The number of nitrogens with one attached hydrogen (secondary N) is 1. The van der Waals surface area contributed by atoms with E-state index >= 15 is 0 Å². The van der Waals surface area contributed by atoms with E-state index in [4.69, 9.17) is 4.74 Å². The van der Waals surface area contributed by atoms with Crippen LogP contribution in [0, 0.1) is 0 Å². The van der Waals surface area contributed by atoms with Crippen LogP contribution in [0.25, 0.3) is 11.3 Å². The molecule has 0 aliphatic rings. The van der Waals surface area contributed by atoms with E-state index in [2.05, 4.69) is 20.5 Å². The Kier molecular flexibility index (Phi) is 5.43.